The summed E-state index contributed by atoms with van der Waals surface area (Å²) in [6.45, 7) is 7.45. The average Bonchev–Trinajstić information content (AvgIpc) is 3.12. The number of hydrogen-bond donors (Lipinski definition) is 1. The molecule has 0 fully saturated rings. The lowest BCUT2D eigenvalue weighted by molar-refractivity contribution is 0.509. The smallest absolute Gasteiger partial charge is 0.0644 e. The molecule has 112 valence electrons. The number of rotatable bonds is 6. The van der Waals surface area contributed by atoms with Gasteiger partial charge in [0.2, 0.25) is 0 Å². The minimum atomic E-state index is 0.357. The molecule has 0 saturated carbocycles. The molecular formula is C16H21N3S2. The fourth-order valence-corrected chi connectivity index (χ4v) is 4.65. The Morgan fingerprint density at radius 3 is 2.81 bits per heavy atom. The molecule has 0 aromatic carbocycles. The first-order valence-corrected chi connectivity index (χ1v) is 9.11. The largest absolute Gasteiger partial charge is 0.309 e. The first-order chi connectivity index (χ1) is 10.2. The molecule has 21 heavy (non-hydrogen) atoms. The van der Waals surface area contributed by atoms with Crippen LogP contribution in [0.4, 0.5) is 0 Å². The molecular weight excluding hydrogens is 298 g/mol. The Labute approximate surface area is 133 Å². The van der Waals surface area contributed by atoms with Crippen molar-refractivity contribution in [3.63, 3.8) is 0 Å². The minimum Gasteiger partial charge on any atom is -0.309 e. The van der Waals surface area contributed by atoms with Crippen LogP contribution in [0.3, 0.4) is 0 Å². The van der Waals surface area contributed by atoms with Crippen LogP contribution in [0.5, 0.6) is 0 Å². The van der Waals surface area contributed by atoms with E-state index in [0.29, 0.717) is 12.1 Å². The fraction of sp³-hybridized carbons (Fsp3) is 0.438. The van der Waals surface area contributed by atoms with E-state index < -0.39 is 0 Å². The van der Waals surface area contributed by atoms with Crippen LogP contribution in [0.25, 0.3) is 9.40 Å². The topological polar surface area (TPSA) is 29.9 Å². The number of nitrogens with zero attached hydrogens (tertiary/aromatic N) is 2. The summed E-state index contributed by atoms with van der Waals surface area (Å²) in [6, 6.07) is 7.46. The Balaban J connectivity index is 1.81. The highest BCUT2D eigenvalue weighted by atomic mass is 32.1. The van der Waals surface area contributed by atoms with E-state index in [1.54, 1.807) is 0 Å². The monoisotopic (exact) mass is 319 g/mol. The second-order valence-electron chi connectivity index (χ2n) is 5.49. The lowest BCUT2D eigenvalue weighted by atomic mass is 10.1. The van der Waals surface area contributed by atoms with Crippen LogP contribution in [0.1, 0.15) is 43.4 Å². The van der Waals surface area contributed by atoms with Crippen LogP contribution in [0.15, 0.2) is 29.8 Å². The third kappa shape index (κ3) is 3.20. The first-order valence-electron chi connectivity index (χ1n) is 7.41. The molecule has 1 N–H and O–H groups in total. The highest BCUT2D eigenvalue weighted by Crippen LogP contribution is 2.34. The summed E-state index contributed by atoms with van der Waals surface area (Å²) in [4.78, 5) is 1.41. The van der Waals surface area contributed by atoms with Gasteiger partial charge in [-0.15, -0.1) is 22.7 Å². The van der Waals surface area contributed by atoms with Crippen molar-refractivity contribution in [2.75, 3.05) is 6.54 Å². The second-order valence-corrected chi connectivity index (χ2v) is 7.56. The van der Waals surface area contributed by atoms with Gasteiger partial charge in [-0.2, -0.15) is 5.10 Å². The normalized spacial score (nSPS) is 13.3. The van der Waals surface area contributed by atoms with Gasteiger partial charge in [0.1, 0.15) is 0 Å². The average molecular weight is 319 g/mol. The molecule has 0 aliphatic heterocycles. The van der Waals surface area contributed by atoms with E-state index in [1.807, 2.05) is 27.4 Å². The molecule has 5 heteroatoms. The van der Waals surface area contributed by atoms with E-state index in [4.69, 9.17) is 0 Å². The predicted molar refractivity (Wildman–Crippen MR) is 92.4 cm³/mol. The highest BCUT2D eigenvalue weighted by Gasteiger charge is 2.16. The Hall–Kier alpha value is -1.17. The van der Waals surface area contributed by atoms with E-state index in [1.165, 1.54) is 14.3 Å². The third-order valence-corrected chi connectivity index (χ3v) is 5.77. The molecule has 3 heterocycles. The quantitative estimate of drug-likeness (QED) is 0.717. The zero-order chi connectivity index (χ0) is 14.8. The van der Waals surface area contributed by atoms with Crippen LogP contribution in [-0.2, 0) is 6.42 Å². The molecule has 0 saturated heterocycles. The molecule has 3 aromatic rings. The molecule has 0 spiro atoms. The van der Waals surface area contributed by atoms with E-state index >= 15 is 0 Å². The number of aromatic nitrogens is 2. The summed E-state index contributed by atoms with van der Waals surface area (Å²) >= 11 is 3.72. The van der Waals surface area contributed by atoms with Crippen molar-refractivity contribution in [3.05, 3.63) is 40.3 Å². The molecule has 0 amide bonds. The van der Waals surface area contributed by atoms with Gasteiger partial charge in [-0.05, 0) is 44.0 Å². The molecule has 0 aliphatic rings. The molecule has 3 rings (SSSR count). The number of fused-ring (bicyclic) bond motifs is 1. The third-order valence-electron chi connectivity index (χ3n) is 3.56. The van der Waals surface area contributed by atoms with Gasteiger partial charge in [0.15, 0.2) is 0 Å². The zero-order valence-electron chi connectivity index (χ0n) is 12.7. The van der Waals surface area contributed by atoms with E-state index in [9.17, 15) is 0 Å². The minimum absolute atomic E-state index is 0.357. The lowest BCUT2D eigenvalue weighted by Crippen LogP contribution is -2.22. The summed E-state index contributed by atoms with van der Waals surface area (Å²) < 4.78 is 4.82. The second kappa shape index (κ2) is 6.30. The summed E-state index contributed by atoms with van der Waals surface area (Å²) in [5.41, 5.74) is 1.16. The fourth-order valence-electron chi connectivity index (χ4n) is 2.46. The zero-order valence-corrected chi connectivity index (χ0v) is 14.3. The van der Waals surface area contributed by atoms with E-state index in [2.05, 4.69) is 61.0 Å². The van der Waals surface area contributed by atoms with Crippen molar-refractivity contribution >= 4 is 32.1 Å². The Bertz CT molecular complexity index is 679. The molecule has 3 nitrogen and oxygen atoms in total. The maximum atomic E-state index is 4.68. The van der Waals surface area contributed by atoms with Crippen molar-refractivity contribution in [2.24, 2.45) is 0 Å². The first kappa shape index (κ1) is 14.8. The van der Waals surface area contributed by atoms with Crippen LogP contribution >= 0.6 is 22.7 Å². The molecule has 3 aromatic heterocycles. The summed E-state index contributed by atoms with van der Waals surface area (Å²) in [6.07, 6.45) is 3.03. The summed E-state index contributed by atoms with van der Waals surface area (Å²) in [5, 5.41) is 10.4. The summed E-state index contributed by atoms with van der Waals surface area (Å²) in [5.74, 6) is 0. The van der Waals surface area contributed by atoms with Gasteiger partial charge in [0, 0.05) is 39.0 Å². The molecule has 0 aliphatic carbocycles. The Kier molecular flexibility index (Phi) is 4.42. The van der Waals surface area contributed by atoms with E-state index in [-0.39, 0.29) is 0 Å². The number of thiophene rings is 2. The highest BCUT2D eigenvalue weighted by molar-refractivity contribution is 7.26. The van der Waals surface area contributed by atoms with Crippen molar-refractivity contribution in [1.29, 1.82) is 0 Å². The van der Waals surface area contributed by atoms with Crippen molar-refractivity contribution < 1.29 is 0 Å². The Morgan fingerprint density at radius 1 is 1.29 bits per heavy atom. The van der Waals surface area contributed by atoms with Crippen molar-refractivity contribution in [2.45, 2.75) is 39.3 Å². The van der Waals surface area contributed by atoms with Gasteiger partial charge >= 0.3 is 0 Å². The van der Waals surface area contributed by atoms with Gasteiger partial charge in [-0.3, -0.25) is 4.68 Å². The van der Waals surface area contributed by atoms with Crippen LogP contribution in [0, 0.1) is 0 Å². The van der Waals surface area contributed by atoms with Gasteiger partial charge in [-0.1, -0.05) is 6.92 Å². The van der Waals surface area contributed by atoms with Crippen LogP contribution in [0.2, 0.25) is 0 Å². The number of hydrogen-bond acceptors (Lipinski definition) is 4. The number of likely N-dealkylation sites (N-methyl/N-ethyl adjacent to an activating group) is 1. The van der Waals surface area contributed by atoms with Crippen LogP contribution in [-0.4, -0.2) is 16.3 Å². The standard InChI is InChI=1S/C16H21N3S2/c1-4-17-13(9-12-5-7-19(18-12)11(2)3)15-10-16-14(21-15)6-8-20-16/h5-8,10-11,13,17H,4,9H2,1-3H3. The van der Waals surface area contributed by atoms with Crippen molar-refractivity contribution in [1.82, 2.24) is 15.1 Å². The molecule has 1 atom stereocenters. The summed E-state index contributed by atoms with van der Waals surface area (Å²) in [7, 11) is 0. The van der Waals surface area contributed by atoms with Gasteiger partial charge in [-0.25, -0.2) is 0 Å². The van der Waals surface area contributed by atoms with Crippen molar-refractivity contribution in [3.8, 4) is 0 Å². The predicted octanol–water partition coefficient (Wildman–Crippen LogP) is 4.63. The number of nitrogens with one attached hydrogen (secondary N) is 1. The molecule has 0 radical (unpaired) electrons. The van der Waals surface area contributed by atoms with Gasteiger partial charge < -0.3 is 5.32 Å². The maximum Gasteiger partial charge on any atom is 0.0644 e. The Morgan fingerprint density at radius 2 is 2.14 bits per heavy atom. The lowest BCUT2D eigenvalue weighted by Gasteiger charge is -2.15. The molecule has 1 unspecified atom stereocenters. The van der Waals surface area contributed by atoms with Gasteiger partial charge in [0.05, 0.1) is 5.69 Å². The SMILES string of the molecule is CCNC(Cc1ccn(C(C)C)n1)c1cc2sccc2s1. The maximum absolute atomic E-state index is 4.68. The van der Waals surface area contributed by atoms with Crippen LogP contribution < -0.4 is 5.32 Å². The van der Waals surface area contributed by atoms with Gasteiger partial charge in [0.25, 0.3) is 0 Å². The van der Waals surface area contributed by atoms with E-state index in [0.717, 1.165) is 18.7 Å². The molecule has 0 bridgehead atoms.